The molecule has 4 aromatic rings. The first-order valence-corrected chi connectivity index (χ1v) is 15.1. The summed E-state index contributed by atoms with van der Waals surface area (Å²) >= 11 is 0. The van der Waals surface area contributed by atoms with Gasteiger partial charge >= 0.3 is 5.69 Å². The smallest absolute Gasteiger partial charge is 0.355 e. The van der Waals surface area contributed by atoms with Crippen molar-refractivity contribution < 1.29 is 13.9 Å². The van der Waals surface area contributed by atoms with Crippen molar-refractivity contribution >= 4 is 22.8 Å². The number of ether oxygens (including phenoxy) is 1. The van der Waals surface area contributed by atoms with E-state index in [0.29, 0.717) is 48.0 Å². The molecule has 1 amide bonds. The standard InChI is InChI=1S/C34H37FN6O3/c1-7-27(42)39-15-16-40(21(5)18-39)32-25-17-24(22-11-12-22)29(23-9-8-10-26(35)31(23)44-6)37-33(25)41(34(43)38-32)30-20(4)13-14-36-28(30)19(2)3/h7-10,13-14,17,19,21-22H,1,11-12,15-16,18H2,2-6H3. The number of benzene rings is 1. The van der Waals surface area contributed by atoms with Crippen LogP contribution in [-0.2, 0) is 4.79 Å². The fourth-order valence-electron chi connectivity index (χ4n) is 6.28. The summed E-state index contributed by atoms with van der Waals surface area (Å²) in [4.78, 5) is 45.0. The summed E-state index contributed by atoms with van der Waals surface area (Å²) in [6.45, 7) is 13.1. The normalized spacial score (nSPS) is 16.9. The second-order valence-corrected chi connectivity index (χ2v) is 12.0. The summed E-state index contributed by atoms with van der Waals surface area (Å²) < 4.78 is 22.1. The van der Waals surface area contributed by atoms with Crippen molar-refractivity contribution in [1.82, 2.24) is 24.4 Å². The number of amides is 1. The Hall–Kier alpha value is -4.60. The number of aryl methyl sites for hydroxylation is 1. The zero-order valence-electron chi connectivity index (χ0n) is 25.8. The Balaban J connectivity index is 1.68. The maximum absolute atomic E-state index is 15.0. The molecule has 1 saturated heterocycles. The van der Waals surface area contributed by atoms with Crippen LogP contribution >= 0.6 is 0 Å². The van der Waals surface area contributed by atoms with Crippen molar-refractivity contribution in [2.45, 2.75) is 58.4 Å². The van der Waals surface area contributed by atoms with Crippen LogP contribution < -0.4 is 15.3 Å². The molecule has 44 heavy (non-hydrogen) atoms. The Labute approximate surface area is 256 Å². The minimum Gasteiger partial charge on any atom is -0.493 e. The van der Waals surface area contributed by atoms with Gasteiger partial charge in [0.1, 0.15) is 5.82 Å². The summed E-state index contributed by atoms with van der Waals surface area (Å²) in [5, 5.41) is 0.721. The summed E-state index contributed by atoms with van der Waals surface area (Å²) in [7, 11) is 1.45. The molecule has 0 radical (unpaired) electrons. The van der Waals surface area contributed by atoms with Crippen LogP contribution in [0, 0.1) is 12.7 Å². The Morgan fingerprint density at radius 3 is 2.61 bits per heavy atom. The quantitative estimate of drug-likeness (QED) is 0.259. The van der Waals surface area contributed by atoms with Gasteiger partial charge < -0.3 is 14.5 Å². The van der Waals surface area contributed by atoms with Gasteiger partial charge in [0.25, 0.3) is 0 Å². The summed E-state index contributed by atoms with van der Waals surface area (Å²) in [6.07, 6.45) is 5.04. The first-order chi connectivity index (χ1) is 21.1. The predicted octanol–water partition coefficient (Wildman–Crippen LogP) is 5.52. The highest BCUT2D eigenvalue weighted by Crippen LogP contribution is 2.47. The maximum atomic E-state index is 15.0. The number of carbonyl (C=O) groups is 1. The Bertz CT molecular complexity index is 1850. The predicted molar refractivity (Wildman–Crippen MR) is 169 cm³/mol. The zero-order chi connectivity index (χ0) is 31.3. The number of carbonyl (C=O) groups excluding carboxylic acids is 1. The van der Waals surface area contributed by atoms with E-state index < -0.39 is 11.5 Å². The molecule has 1 atom stereocenters. The van der Waals surface area contributed by atoms with Crippen LogP contribution in [0.4, 0.5) is 10.2 Å². The number of fused-ring (bicyclic) bond motifs is 1. The summed E-state index contributed by atoms with van der Waals surface area (Å²) in [5.74, 6) is 0.307. The topological polar surface area (TPSA) is 93.5 Å². The second kappa shape index (κ2) is 11.5. The van der Waals surface area contributed by atoms with Crippen LogP contribution in [0.25, 0.3) is 28.0 Å². The molecule has 10 heteroatoms. The highest BCUT2D eigenvalue weighted by Gasteiger charge is 2.34. The minimum atomic E-state index is -0.480. The molecule has 228 valence electrons. The molecule has 2 aliphatic rings. The third kappa shape index (κ3) is 5.02. The van der Waals surface area contributed by atoms with E-state index >= 15 is 0 Å². The third-order valence-electron chi connectivity index (χ3n) is 8.63. The van der Waals surface area contributed by atoms with E-state index in [4.69, 9.17) is 14.7 Å². The molecule has 1 unspecified atom stereocenters. The summed E-state index contributed by atoms with van der Waals surface area (Å²) in [5.41, 5.74) is 4.29. The second-order valence-electron chi connectivity index (χ2n) is 12.0. The number of anilines is 1. The fourth-order valence-corrected chi connectivity index (χ4v) is 6.28. The van der Waals surface area contributed by atoms with Crippen molar-refractivity contribution in [2.24, 2.45) is 0 Å². The number of rotatable bonds is 7. The average Bonchev–Trinajstić information content (AvgIpc) is 3.85. The van der Waals surface area contributed by atoms with Gasteiger partial charge in [0.15, 0.2) is 17.2 Å². The molecule has 2 fully saturated rings. The molecule has 0 spiro atoms. The number of para-hydroxylation sites is 1. The third-order valence-corrected chi connectivity index (χ3v) is 8.63. The molecular weight excluding hydrogens is 559 g/mol. The fraction of sp³-hybridized carbons (Fsp3) is 0.382. The number of hydrogen-bond donors (Lipinski definition) is 0. The van der Waals surface area contributed by atoms with Crippen LogP contribution in [0.5, 0.6) is 5.75 Å². The number of nitrogens with zero attached hydrogens (tertiary/aromatic N) is 6. The lowest BCUT2D eigenvalue weighted by Crippen LogP contribution is -2.54. The first kappa shape index (κ1) is 29.5. The number of hydrogen-bond acceptors (Lipinski definition) is 7. The monoisotopic (exact) mass is 596 g/mol. The van der Waals surface area contributed by atoms with Crippen molar-refractivity contribution in [1.29, 1.82) is 0 Å². The van der Waals surface area contributed by atoms with Gasteiger partial charge in [0.05, 0.1) is 29.6 Å². The average molecular weight is 597 g/mol. The van der Waals surface area contributed by atoms with Crippen LogP contribution in [-0.4, -0.2) is 63.1 Å². The minimum absolute atomic E-state index is 0.0237. The van der Waals surface area contributed by atoms with E-state index in [1.54, 1.807) is 27.8 Å². The molecule has 9 nitrogen and oxygen atoms in total. The van der Waals surface area contributed by atoms with E-state index in [0.717, 1.165) is 35.0 Å². The van der Waals surface area contributed by atoms with E-state index in [2.05, 4.69) is 22.5 Å². The molecule has 1 saturated carbocycles. The number of aromatic nitrogens is 4. The zero-order valence-corrected chi connectivity index (χ0v) is 25.8. The maximum Gasteiger partial charge on any atom is 0.355 e. The molecule has 6 rings (SSSR count). The lowest BCUT2D eigenvalue weighted by atomic mass is 9.99. The number of halogens is 1. The molecule has 1 aliphatic carbocycles. The molecule has 1 aromatic carbocycles. The largest absolute Gasteiger partial charge is 0.493 e. The van der Waals surface area contributed by atoms with Gasteiger partial charge in [-0.15, -0.1) is 0 Å². The van der Waals surface area contributed by atoms with Crippen LogP contribution in [0.3, 0.4) is 0 Å². The highest BCUT2D eigenvalue weighted by atomic mass is 19.1. The van der Waals surface area contributed by atoms with Gasteiger partial charge in [-0.25, -0.2) is 18.7 Å². The van der Waals surface area contributed by atoms with Gasteiger partial charge in [0, 0.05) is 37.4 Å². The first-order valence-electron chi connectivity index (χ1n) is 15.1. The van der Waals surface area contributed by atoms with Gasteiger partial charge in [-0.2, -0.15) is 4.98 Å². The highest BCUT2D eigenvalue weighted by molar-refractivity contribution is 5.93. The van der Waals surface area contributed by atoms with Gasteiger partial charge in [-0.05, 0) is 80.0 Å². The Morgan fingerprint density at radius 1 is 1.18 bits per heavy atom. The van der Waals surface area contributed by atoms with Gasteiger partial charge in [-0.1, -0.05) is 26.5 Å². The SMILES string of the molecule is C=CC(=O)N1CCN(c2nc(=O)n(-c3c(C)ccnc3C(C)C)c3nc(-c4cccc(F)c4OC)c(C4CC4)cc23)C(C)C1. The van der Waals surface area contributed by atoms with Crippen molar-refractivity contribution in [2.75, 3.05) is 31.6 Å². The van der Waals surface area contributed by atoms with Crippen molar-refractivity contribution in [3.63, 3.8) is 0 Å². The van der Waals surface area contributed by atoms with Gasteiger partial charge in [-0.3, -0.25) is 9.78 Å². The van der Waals surface area contributed by atoms with Gasteiger partial charge in [0.2, 0.25) is 5.91 Å². The molecule has 3 aromatic heterocycles. The van der Waals surface area contributed by atoms with E-state index in [1.807, 2.05) is 33.8 Å². The lowest BCUT2D eigenvalue weighted by Gasteiger charge is -2.40. The van der Waals surface area contributed by atoms with Crippen LogP contribution in [0.15, 0.2) is 54.0 Å². The van der Waals surface area contributed by atoms with Crippen molar-refractivity contribution in [3.8, 4) is 22.7 Å². The number of methoxy groups -OCH3 is 1. The molecule has 1 aliphatic heterocycles. The van der Waals surface area contributed by atoms with E-state index in [9.17, 15) is 14.0 Å². The molecule has 0 bridgehead atoms. The Morgan fingerprint density at radius 2 is 1.95 bits per heavy atom. The van der Waals surface area contributed by atoms with Crippen LogP contribution in [0.2, 0.25) is 0 Å². The van der Waals surface area contributed by atoms with E-state index in [1.165, 1.54) is 19.3 Å². The Kier molecular flexibility index (Phi) is 7.69. The molecule has 0 N–H and O–H groups in total. The number of pyridine rings is 2. The molecular formula is C34H37FN6O3. The molecule has 4 heterocycles. The summed E-state index contributed by atoms with van der Waals surface area (Å²) in [6, 6.07) is 8.66. The lowest BCUT2D eigenvalue weighted by molar-refractivity contribution is -0.126. The van der Waals surface area contributed by atoms with Crippen LogP contribution in [0.1, 0.15) is 62.3 Å². The van der Waals surface area contributed by atoms with Crippen molar-refractivity contribution in [3.05, 3.63) is 82.3 Å². The number of piperazine rings is 1. The van der Waals surface area contributed by atoms with E-state index in [-0.39, 0.29) is 29.5 Å².